The van der Waals surface area contributed by atoms with E-state index in [0.717, 1.165) is 0 Å². The highest BCUT2D eigenvalue weighted by Gasteiger charge is 2.21. The number of rotatable bonds is 2. The molecule has 1 N–H and O–H groups in total. The van der Waals surface area contributed by atoms with Crippen LogP contribution in [0.25, 0.3) is 0 Å². The minimum atomic E-state index is -0.211. The number of halogens is 1. The van der Waals surface area contributed by atoms with Crippen molar-refractivity contribution < 1.29 is 4.39 Å². The van der Waals surface area contributed by atoms with Crippen LogP contribution in [0.1, 0.15) is 0 Å². The van der Waals surface area contributed by atoms with Crippen molar-refractivity contribution in [3.63, 3.8) is 0 Å². The Morgan fingerprint density at radius 3 is 2.50 bits per heavy atom. The molecule has 6 heteroatoms. The zero-order valence-corrected chi connectivity index (χ0v) is 10.9. The Labute approximate surface area is 115 Å². The molecule has 2 heterocycles. The highest BCUT2D eigenvalue weighted by Crippen LogP contribution is 2.20. The van der Waals surface area contributed by atoms with E-state index in [1.807, 2.05) is 15.9 Å². The zero-order valence-electron chi connectivity index (χ0n) is 10.9. The molecule has 0 saturated carbocycles. The molecule has 3 rings (SSSR count). The molecule has 1 aliphatic heterocycles. The van der Waals surface area contributed by atoms with Gasteiger partial charge in [0, 0.05) is 38.6 Å². The quantitative estimate of drug-likeness (QED) is 0.895. The predicted octanol–water partition coefficient (Wildman–Crippen LogP) is 1.24. The van der Waals surface area contributed by atoms with Gasteiger partial charge in [-0.3, -0.25) is 4.79 Å². The first-order chi connectivity index (χ1) is 9.75. The second-order valence-corrected chi connectivity index (χ2v) is 4.67. The Kier molecular flexibility index (Phi) is 3.37. The smallest absolute Gasteiger partial charge is 0.290 e. The second kappa shape index (κ2) is 5.32. The number of H-pyrrole nitrogens is 1. The zero-order chi connectivity index (χ0) is 13.9. The third kappa shape index (κ3) is 2.36. The Morgan fingerprint density at radius 2 is 1.80 bits per heavy atom. The highest BCUT2D eigenvalue weighted by atomic mass is 19.1. The normalized spacial score (nSPS) is 15.4. The summed E-state index contributed by atoms with van der Waals surface area (Å²) in [6, 6.07) is 6.75. The van der Waals surface area contributed by atoms with Crippen LogP contribution in [-0.4, -0.2) is 36.1 Å². The summed E-state index contributed by atoms with van der Waals surface area (Å²) in [6.07, 6.45) is 3.08. The van der Waals surface area contributed by atoms with Crippen molar-refractivity contribution in [1.29, 1.82) is 0 Å². The molecule has 20 heavy (non-hydrogen) atoms. The van der Waals surface area contributed by atoms with Gasteiger partial charge >= 0.3 is 0 Å². The van der Waals surface area contributed by atoms with Crippen LogP contribution in [0.2, 0.25) is 0 Å². The van der Waals surface area contributed by atoms with Gasteiger partial charge in [0.2, 0.25) is 0 Å². The molecule has 0 unspecified atom stereocenters. The summed E-state index contributed by atoms with van der Waals surface area (Å²) < 4.78 is 13.7. The van der Waals surface area contributed by atoms with E-state index in [1.54, 1.807) is 18.3 Å². The lowest BCUT2D eigenvalue weighted by Crippen LogP contribution is -2.48. The SMILES string of the molecule is O=c1[nH]ccnc1N1CCN(c2ccccc2F)CC1. The van der Waals surface area contributed by atoms with Gasteiger partial charge in [-0.2, -0.15) is 0 Å². The molecular formula is C14H15FN4O. The summed E-state index contributed by atoms with van der Waals surface area (Å²) >= 11 is 0. The van der Waals surface area contributed by atoms with E-state index in [1.165, 1.54) is 12.3 Å². The van der Waals surface area contributed by atoms with E-state index in [-0.39, 0.29) is 11.4 Å². The molecule has 0 spiro atoms. The van der Waals surface area contributed by atoms with E-state index in [9.17, 15) is 9.18 Å². The molecule has 0 radical (unpaired) electrons. The molecule has 0 bridgehead atoms. The highest BCUT2D eigenvalue weighted by molar-refractivity contribution is 5.50. The lowest BCUT2D eigenvalue weighted by molar-refractivity contribution is 0.595. The summed E-state index contributed by atoms with van der Waals surface area (Å²) in [5.41, 5.74) is 0.425. The Hall–Kier alpha value is -2.37. The fourth-order valence-corrected chi connectivity index (χ4v) is 2.44. The van der Waals surface area contributed by atoms with Crippen LogP contribution in [0.3, 0.4) is 0 Å². The Bertz CT molecular complexity index is 649. The second-order valence-electron chi connectivity index (χ2n) is 4.67. The number of anilines is 2. The molecule has 1 fully saturated rings. The summed E-state index contributed by atoms with van der Waals surface area (Å²) in [7, 11) is 0. The van der Waals surface area contributed by atoms with E-state index < -0.39 is 0 Å². The van der Waals surface area contributed by atoms with Crippen LogP contribution >= 0.6 is 0 Å². The van der Waals surface area contributed by atoms with Crippen LogP contribution in [-0.2, 0) is 0 Å². The van der Waals surface area contributed by atoms with Crippen LogP contribution in [0.5, 0.6) is 0 Å². The van der Waals surface area contributed by atoms with Gasteiger partial charge in [-0.25, -0.2) is 9.37 Å². The van der Waals surface area contributed by atoms with E-state index in [0.29, 0.717) is 37.7 Å². The van der Waals surface area contributed by atoms with Crippen molar-refractivity contribution >= 4 is 11.5 Å². The summed E-state index contributed by atoms with van der Waals surface area (Å²) in [5, 5.41) is 0. The lowest BCUT2D eigenvalue weighted by atomic mass is 10.2. The van der Waals surface area contributed by atoms with E-state index >= 15 is 0 Å². The molecule has 0 atom stereocenters. The van der Waals surface area contributed by atoms with Crippen LogP contribution in [0.15, 0.2) is 41.5 Å². The first-order valence-electron chi connectivity index (χ1n) is 6.54. The van der Waals surface area contributed by atoms with Crippen molar-refractivity contribution in [1.82, 2.24) is 9.97 Å². The molecule has 2 aromatic rings. The maximum absolute atomic E-state index is 13.7. The standard InChI is InChI=1S/C14H15FN4O/c15-11-3-1-2-4-12(11)18-7-9-19(10-8-18)13-14(20)17-6-5-16-13/h1-6H,7-10H2,(H,17,20). The molecule has 1 aromatic carbocycles. The average Bonchev–Trinajstić information content (AvgIpc) is 2.49. The fraction of sp³-hybridized carbons (Fsp3) is 0.286. The summed E-state index contributed by atoms with van der Waals surface area (Å²) in [6.45, 7) is 2.62. The molecule has 1 saturated heterocycles. The number of benzene rings is 1. The van der Waals surface area contributed by atoms with Gasteiger partial charge in [-0.1, -0.05) is 12.1 Å². The van der Waals surface area contributed by atoms with Gasteiger partial charge in [-0.15, -0.1) is 0 Å². The third-order valence-electron chi connectivity index (χ3n) is 3.46. The van der Waals surface area contributed by atoms with Crippen molar-refractivity contribution in [2.45, 2.75) is 0 Å². The monoisotopic (exact) mass is 274 g/mol. The van der Waals surface area contributed by atoms with Crippen LogP contribution in [0.4, 0.5) is 15.9 Å². The topological polar surface area (TPSA) is 52.2 Å². The van der Waals surface area contributed by atoms with E-state index in [4.69, 9.17) is 0 Å². The Balaban J connectivity index is 1.73. The number of hydrogen-bond donors (Lipinski definition) is 1. The number of aromatic amines is 1. The van der Waals surface area contributed by atoms with Gasteiger partial charge in [0.15, 0.2) is 5.82 Å². The minimum Gasteiger partial charge on any atom is -0.366 e. The molecule has 0 amide bonds. The minimum absolute atomic E-state index is 0.188. The van der Waals surface area contributed by atoms with Gasteiger partial charge in [0.1, 0.15) is 5.82 Å². The number of nitrogens with one attached hydrogen (secondary N) is 1. The molecule has 1 aliphatic rings. The fourth-order valence-electron chi connectivity index (χ4n) is 2.44. The molecule has 0 aliphatic carbocycles. The number of piperazine rings is 1. The molecule has 5 nitrogen and oxygen atoms in total. The van der Waals surface area contributed by atoms with Crippen LogP contribution < -0.4 is 15.4 Å². The molecule has 104 valence electrons. The van der Waals surface area contributed by atoms with Crippen molar-refractivity contribution in [2.24, 2.45) is 0 Å². The number of hydrogen-bond acceptors (Lipinski definition) is 4. The summed E-state index contributed by atoms with van der Waals surface area (Å²) in [5.74, 6) is 0.220. The lowest BCUT2D eigenvalue weighted by Gasteiger charge is -2.36. The summed E-state index contributed by atoms with van der Waals surface area (Å²) in [4.78, 5) is 22.3. The predicted molar refractivity (Wildman–Crippen MR) is 75.7 cm³/mol. The van der Waals surface area contributed by atoms with Crippen molar-refractivity contribution in [3.8, 4) is 0 Å². The maximum atomic E-state index is 13.7. The van der Waals surface area contributed by atoms with Gasteiger partial charge in [0.05, 0.1) is 5.69 Å². The maximum Gasteiger partial charge on any atom is 0.290 e. The first-order valence-corrected chi connectivity index (χ1v) is 6.54. The van der Waals surface area contributed by atoms with Crippen LogP contribution in [0, 0.1) is 5.82 Å². The van der Waals surface area contributed by atoms with Crippen molar-refractivity contribution in [3.05, 3.63) is 52.8 Å². The third-order valence-corrected chi connectivity index (χ3v) is 3.46. The first kappa shape index (κ1) is 12.7. The van der Waals surface area contributed by atoms with E-state index in [2.05, 4.69) is 9.97 Å². The largest absolute Gasteiger partial charge is 0.366 e. The average molecular weight is 274 g/mol. The Morgan fingerprint density at radius 1 is 1.10 bits per heavy atom. The van der Waals surface area contributed by atoms with Crippen molar-refractivity contribution in [2.75, 3.05) is 36.0 Å². The molecule has 1 aromatic heterocycles. The van der Waals surface area contributed by atoms with Gasteiger partial charge < -0.3 is 14.8 Å². The molecular weight excluding hydrogens is 259 g/mol. The number of para-hydroxylation sites is 1. The van der Waals surface area contributed by atoms with Gasteiger partial charge in [-0.05, 0) is 12.1 Å². The number of nitrogens with zero attached hydrogens (tertiary/aromatic N) is 3. The number of aromatic nitrogens is 2. The van der Waals surface area contributed by atoms with Gasteiger partial charge in [0.25, 0.3) is 5.56 Å².